The number of methoxy groups -OCH3 is 1. The first-order valence-electron chi connectivity index (χ1n) is 13.3. The fourth-order valence-corrected chi connectivity index (χ4v) is 7.65. The minimum Gasteiger partial charge on any atom is -0.375 e. The zero-order valence-electron chi connectivity index (χ0n) is 22.6. The molecule has 10 nitrogen and oxygen atoms in total. The molecule has 1 aromatic carbocycles. The van der Waals surface area contributed by atoms with Gasteiger partial charge in [-0.15, -0.1) is 16.4 Å². The SMILES string of the molecule is COC1C(n2cc(-c3nc(Cl)cs3)nn2)[C@H]2OC(c3ccccc3)OCC2O[C@@H]1Sc1cc(Cl)cnc1-c1ccccn1. The van der Waals surface area contributed by atoms with Crippen LogP contribution in [0.4, 0.5) is 0 Å². The highest BCUT2D eigenvalue weighted by Gasteiger charge is 2.52. The van der Waals surface area contributed by atoms with E-state index >= 15 is 0 Å². The first-order chi connectivity index (χ1) is 21.1. The second-order valence-electron chi connectivity index (χ2n) is 9.80. The number of ether oxygens (including phenoxy) is 4. The van der Waals surface area contributed by atoms with Crippen molar-refractivity contribution in [3.05, 3.63) is 94.3 Å². The maximum Gasteiger partial charge on any atom is 0.184 e. The summed E-state index contributed by atoms with van der Waals surface area (Å²) in [6.45, 7) is 0.304. The maximum atomic E-state index is 6.67. The summed E-state index contributed by atoms with van der Waals surface area (Å²) in [6, 6.07) is 16.9. The van der Waals surface area contributed by atoms with Gasteiger partial charge in [-0.05, 0) is 18.2 Å². The van der Waals surface area contributed by atoms with Gasteiger partial charge in [-0.2, -0.15) is 0 Å². The van der Waals surface area contributed by atoms with E-state index in [4.69, 9.17) is 42.1 Å². The molecular weight excluding hydrogens is 631 g/mol. The van der Waals surface area contributed by atoms with Gasteiger partial charge in [-0.1, -0.05) is 76.6 Å². The molecule has 0 N–H and O–H groups in total. The van der Waals surface area contributed by atoms with Gasteiger partial charge in [0.25, 0.3) is 0 Å². The number of rotatable bonds is 7. The lowest BCUT2D eigenvalue weighted by molar-refractivity contribution is -0.308. The third-order valence-corrected chi connectivity index (χ3v) is 9.71. The van der Waals surface area contributed by atoms with Gasteiger partial charge >= 0.3 is 0 Å². The first kappa shape index (κ1) is 28.8. The highest BCUT2D eigenvalue weighted by atomic mass is 35.5. The maximum absolute atomic E-state index is 6.67. The molecule has 0 spiro atoms. The average Bonchev–Trinajstić information content (AvgIpc) is 3.70. The topological polar surface area (TPSA) is 106 Å². The van der Waals surface area contributed by atoms with Crippen LogP contribution in [0.15, 0.2) is 83.5 Å². The van der Waals surface area contributed by atoms with Crippen molar-refractivity contribution in [1.29, 1.82) is 0 Å². The van der Waals surface area contributed by atoms with Crippen molar-refractivity contribution >= 4 is 46.3 Å². The Morgan fingerprint density at radius 2 is 1.91 bits per heavy atom. The largest absolute Gasteiger partial charge is 0.375 e. The number of thiazole rings is 1. The summed E-state index contributed by atoms with van der Waals surface area (Å²) >= 11 is 15.4. The predicted octanol–water partition coefficient (Wildman–Crippen LogP) is 6.35. The number of thioether (sulfide) groups is 1. The average molecular weight is 656 g/mol. The Bertz CT molecular complexity index is 1690. The minimum absolute atomic E-state index is 0.304. The number of pyridine rings is 2. The van der Waals surface area contributed by atoms with Crippen molar-refractivity contribution < 1.29 is 18.9 Å². The summed E-state index contributed by atoms with van der Waals surface area (Å²) in [5, 5.41) is 12.3. The molecule has 0 saturated carbocycles. The number of hydrogen-bond acceptors (Lipinski definition) is 11. The number of nitrogens with zero attached hydrogens (tertiary/aromatic N) is 6. The standard InChI is InChI=1S/C29H24Cl2N6O4S2/c1-38-26-24(37-13-19(35-36-37)27-34-22(31)15-42-27)25-20(14-39-28(41-25)16-7-3-2-4-8-16)40-29(26)43-21-11-17(30)12-33-23(21)18-9-5-6-10-32-18/h2-13,15,20,24-26,28-29H,14H2,1H3/t20?,24?,25-,26?,28?,29+/m0/s1. The zero-order valence-corrected chi connectivity index (χ0v) is 25.7. The van der Waals surface area contributed by atoms with E-state index in [0.717, 1.165) is 16.2 Å². The van der Waals surface area contributed by atoms with Crippen LogP contribution in [-0.2, 0) is 18.9 Å². The van der Waals surface area contributed by atoms with Gasteiger partial charge in [0.05, 0.1) is 23.5 Å². The lowest BCUT2D eigenvalue weighted by Crippen LogP contribution is -2.59. The fraction of sp³-hybridized carbons (Fsp3) is 0.276. The summed E-state index contributed by atoms with van der Waals surface area (Å²) in [4.78, 5) is 14.3. The number of aromatic nitrogens is 6. The predicted molar refractivity (Wildman–Crippen MR) is 163 cm³/mol. The molecule has 0 amide bonds. The van der Waals surface area contributed by atoms with Crippen LogP contribution in [0, 0.1) is 0 Å². The van der Waals surface area contributed by atoms with Gasteiger partial charge in [-0.3, -0.25) is 9.97 Å². The van der Waals surface area contributed by atoms with Crippen LogP contribution in [0.25, 0.3) is 22.1 Å². The Balaban J connectivity index is 1.26. The van der Waals surface area contributed by atoms with E-state index < -0.39 is 36.1 Å². The Labute approximate surface area is 265 Å². The van der Waals surface area contributed by atoms with Crippen LogP contribution in [0.3, 0.4) is 0 Å². The van der Waals surface area contributed by atoms with E-state index in [1.165, 1.54) is 23.1 Å². The van der Waals surface area contributed by atoms with E-state index in [1.54, 1.807) is 29.6 Å². The number of hydrogen-bond donors (Lipinski definition) is 0. The van der Waals surface area contributed by atoms with E-state index in [9.17, 15) is 0 Å². The number of fused-ring (bicyclic) bond motifs is 1. The van der Waals surface area contributed by atoms with Gasteiger partial charge < -0.3 is 18.9 Å². The highest BCUT2D eigenvalue weighted by Crippen LogP contribution is 2.46. The molecule has 6 atom stereocenters. The Morgan fingerprint density at radius 1 is 1.05 bits per heavy atom. The molecule has 220 valence electrons. The molecule has 0 aliphatic carbocycles. The van der Waals surface area contributed by atoms with Crippen molar-refractivity contribution in [2.75, 3.05) is 13.7 Å². The van der Waals surface area contributed by atoms with Crippen LogP contribution < -0.4 is 0 Å². The smallest absolute Gasteiger partial charge is 0.184 e. The molecule has 6 heterocycles. The molecule has 0 bridgehead atoms. The van der Waals surface area contributed by atoms with Gasteiger partial charge in [0, 0.05) is 35.3 Å². The van der Waals surface area contributed by atoms with Crippen LogP contribution in [0.1, 0.15) is 17.9 Å². The molecule has 14 heteroatoms. The van der Waals surface area contributed by atoms with Gasteiger partial charge in [0.1, 0.15) is 51.3 Å². The van der Waals surface area contributed by atoms with Gasteiger partial charge in [0.15, 0.2) is 6.29 Å². The second-order valence-corrected chi connectivity index (χ2v) is 12.6. The molecule has 2 aliphatic heterocycles. The monoisotopic (exact) mass is 654 g/mol. The third-order valence-electron chi connectivity index (χ3n) is 7.13. The molecule has 7 rings (SSSR count). The van der Waals surface area contributed by atoms with Crippen LogP contribution in [0.2, 0.25) is 10.2 Å². The minimum atomic E-state index is -0.580. The third kappa shape index (κ3) is 5.94. The van der Waals surface area contributed by atoms with Crippen molar-refractivity contribution in [1.82, 2.24) is 29.9 Å². The van der Waals surface area contributed by atoms with Crippen LogP contribution >= 0.6 is 46.3 Å². The van der Waals surface area contributed by atoms with E-state index in [0.29, 0.717) is 33.2 Å². The Morgan fingerprint density at radius 3 is 2.67 bits per heavy atom. The summed E-state index contributed by atoms with van der Waals surface area (Å²) in [7, 11) is 1.65. The van der Waals surface area contributed by atoms with E-state index in [-0.39, 0.29) is 0 Å². The molecule has 4 unspecified atom stereocenters. The molecule has 5 aromatic rings. The Hall–Kier alpha value is -2.94. The van der Waals surface area contributed by atoms with Crippen molar-refractivity contribution in [2.24, 2.45) is 0 Å². The first-order valence-corrected chi connectivity index (χ1v) is 15.9. The molecular formula is C29H24Cl2N6O4S2. The highest BCUT2D eigenvalue weighted by molar-refractivity contribution is 8.00. The molecule has 2 saturated heterocycles. The van der Waals surface area contributed by atoms with Crippen LogP contribution in [0.5, 0.6) is 0 Å². The zero-order chi connectivity index (χ0) is 29.3. The second kappa shape index (κ2) is 12.6. The normalized spacial score (nSPS) is 25.4. The molecule has 2 aliphatic rings. The van der Waals surface area contributed by atoms with Crippen molar-refractivity contribution in [3.63, 3.8) is 0 Å². The molecule has 4 aromatic heterocycles. The summed E-state index contributed by atoms with van der Waals surface area (Å²) in [5.41, 5.74) is 2.41. The molecule has 2 fully saturated rings. The van der Waals surface area contributed by atoms with E-state index in [2.05, 4.69) is 25.3 Å². The lowest BCUT2D eigenvalue weighted by atomic mass is 9.96. The number of benzene rings is 1. The van der Waals surface area contributed by atoms with Crippen LogP contribution in [-0.4, -0.2) is 67.4 Å². The summed E-state index contributed by atoms with van der Waals surface area (Å²) < 4.78 is 27.4. The lowest BCUT2D eigenvalue weighted by Gasteiger charge is -2.48. The summed E-state index contributed by atoms with van der Waals surface area (Å²) in [5.74, 6) is 0. The fourth-order valence-electron chi connectivity index (χ4n) is 5.22. The van der Waals surface area contributed by atoms with Crippen molar-refractivity contribution in [3.8, 4) is 22.1 Å². The quantitative estimate of drug-likeness (QED) is 0.197. The number of halogens is 2. The van der Waals surface area contributed by atoms with Crippen molar-refractivity contribution in [2.45, 2.75) is 41.0 Å². The Kier molecular flexibility index (Phi) is 8.43. The molecule has 43 heavy (non-hydrogen) atoms. The van der Waals surface area contributed by atoms with Gasteiger partial charge in [0.2, 0.25) is 0 Å². The van der Waals surface area contributed by atoms with E-state index in [1.807, 2.05) is 60.8 Å². The van der Waals surface area contributed by atoms with Gasteiger partial charge in [-0.25, -0.2) is 9.67 Å². The molecule has 0 radical (unpaired) electrons. The summed E-state index contributed by atoms with van der Waals surface area (Å²) in [6.07, 6.45) is 3.18.